The Labute approximate surface area is 593 Å². The Bertz CT molecular complexity index is 3950. The van der Waals surface area contributed by atoms with Crippen LogP contribution < -0.4 is 53.8 Å². The smallest absolute Gasteiger partial charge is 0.246 e. The number of nitrogens with two attached hydrogens (primary N) is 3. The van der Waals surface area contributed by atoms with Crippen LogP contribution in [0.15, 0.2) is 91.3 Å². The van der Waals surface area contributed by atoms with Crippen LogP contribution in [-0.4, -0.2) is 165 Å². The molecule has 2 aliphatic heterocycles. The lowest BCUT2D eigenvalue weighted by Crippen LogP contribution is -2.62. The summed E-state index contributed by atoms with van der Waals surface area (Å²) in [4.78, 5) is 147. The van der Waals surface area contributed by atoms with E-state index in [9.17, 15) is 56.7 Å². The molecule has 0 saturated carbocycles. The number of benzene rings is 4. The number of fused-ring (bicyclic) bond motifs is 2. The van der Waals surface area contributed by atoms with Crippen LogP contribution in [0.5, 0.6) is 5.75 Å². The molecule has 2 aliphatic rings. The van der Waals surface area contributed by atoms with Crippen LogP contribution in [0.3, 0.4) is 0 Å². The van der Waals surface area contributed by atoms with Gasteiger partial charge in [-0.25, -0.2) is 13.2 Å². The lowest BCUT2D eigenvalue weighted by Gasteiger charge is -2.37. The van der Waals surface area contributed by atoms with Crippen molar-refractivity contribution in [1.29, 1.82) is 0 Å². The molecule has 0 radical (unpaired) electrons. The maximum absolute atomic E-state index is 15.2. The molecule has 0 bridgehead atoms. The lowest BCUT2D eigenvalue weighted by molar-refractivity contribution is -0.147. The first-order valence-electron chi connectivity index (χ1n) is 34.1. The van der Waals surface area contributed by atoms with Gasteiger partial charge in [-0.15, -0.1) is 0 Å². The van der Waals surface area contributed by atoms with E-state index in [2.05, 4.69) is 41.9 Å². The zero-order chi connectivity index (χ0) is 73.1. The average Bonchev–Trinajstić information content (AvgIpc) is 1.68. The number of nitrogens with zero attached hydrogens (tertiary/aromatic N) is 2. The van der Waals surface area contributed by atoms with Crippen LogP contribution in [0, 0.1) is 23.4 Å². The van der Waals surface area contributed by atoms with Crippen LogP contribution in [0.1, 0.15) is 120 Å². The summed E-state index contributed by atoms with van der Waals surface area (Å²) in [5, 5.41) is 17.5. The summed E-state index contributed by atoms with van der Waals surface area (Å²) in [5.41, 5.74) is 19.9. The van der Waals surface area contributed by atoms with Crippen molar-refractivity contribution in [2.45, 2.75) is 171 Å². The van der Waals surface area contributed by atoms with Crippen LogP contribution in [0.2, 0.25) is 0 Å². The summed E-state index contributed by atoms with van der Waals surface area (Å²) in [6, 6.07) is 11.3. The number of rotatable bonds is 37. The van der Waals surface area contributed by atoms with Crippen LogP contribution in [0.4, 0.5) is 13.2 Å². The quantitative estimate of drug-likeness (QED) is 0.0215. The number of unbranched alkanes of at least 4 members (excludes halogenated alkanes) is 1. The number of amides is 10. The molecule has 14 N–H and O–H groups in total. The van der Waals surface area contributed by atoms with E-state index in [-0.39, 0.29) is 87.1 Å². The Morgan fingerprint density at radius 3 is 1.86 bits per heavy atom. The molecule has 4 aromatic carbocycles. The third-order valence-electron chi connectivity index (χ3n) is 18.6. The molecule has 9 atom stereocenters. The molecule has 6 aromatic rings. The lowest BCUT2D eigenvalue weighted by atomic mass is 9.95. The molecule has 101 heavy (non-hydrogen) atoms. The number of nitrogens with one attached hydrogen (secondary N) is 8. The van der Waals surface area contributed by atoms with E-state index in [0.29, 0.717) is 94.2 Å². The van der Waals surface area contributed by atoms with Gasteiger partial charge in [0.2, 0.25) is 59.1 Å². The minimum atomic E-state index is -1.47. The van der Waals surface area contributed by atoms with E-state index >= 15 is 4.39 Å². The van der Waals surface area contributed by atoms with Gasteiger partial charge in [0.15, 0.2) is 0 Å². The standard InChI is InChI=1S/C72H92F3N13O11S2/c1-6-41(2)27-63(90)83-58(31-43-13-17-51(99-5)18-14-43)70(97)88-25-10-22-72(88,4)71(98)86-60(64(77)91)40-101-39-45-28-44(29-50(75)30-45)38-100-26-21-62(89)82-56(11-7-8-23-76)67(94)81-42(3)66(93)84-57(32-46-36-79-54-19-15-48(73)34-52(46)54)68(95)85-59(69(96)87-24-9-12-61(87)65(78)92)33-47-37-80-55-20-16-49(74)35-53(47)55/h13-20,28-30,34-37,41-42,56-61,79-80H,6-12,21-27,31-33,38-40,76H2,1-5H3,(H2,77,91)(H2,78,92)(H,81,94)(H,82,89)(H,83,90)(H,84,93)(H,85,95)(H,86,98)/t41-,42+,56-,57-,58-,59-,60-,61-,72-/m0/s1. The average molecular weight is 1440 g/mol. The van der Waals surface area contributed by atoms with Crippen molar-refractivity contribution in [3.63, 3.8) is 0 Å². The normalized spacial score (nSPS) is 17.3. The third kappa shape index (κ3) is 21.2. The number of ether oxygens (including phenoxy) is 1. The van der Waals surface area contributed by atoms with Gasteiger partial charge < -0.3 is 73.6 Å². The number of hydrogen-bond acceptors (Lipinski definition) is 14. The van der Waals surface area contributed by atoms with E-state index in [0.717, 1.165) is 12.0 Å². The molecule has 544 valence electrons. The highest BCUT2D eigenvalue weighted by atomic mass is 32.2. The predicted molar refractivity (Wildman–Crippen MR) is 381 cm³/mol. The van der Waals surface area contributed by atoms with Crippen molar-refractivity contribution < 1.29 is 65.9 Å². The molecule has 0 spiro atoms. The molecule has 4 heterocycles. The minimum absolute atomic E-state index is 0.0203. The van der Waals surface area contributed by atoms with Crippen molar-refractivity contribution >= 4 is 104 Å². The fraction of sp³-hybridized carbons (Fsp3) is 0.472. The number of thioether (sulfide) groups is 2. The van der Waals surface area contributed by atoms with Gasteiger partial charge in [0.25, 0.3) is 0 Å². The number of carbonyl (C=O) groups is 10. The van der Waals surface area contributed by atoms with Crippen LogP contribution >= 0.6 is 23.5 Å². The second-order valence-corrected chi connectivity index (χ2v) is 28.4. The Morgan fingerprint density at radius 1 is 0.644 bits per heavy atom. The summed E-state index contributed by atoms with van der Waals surface area (Å²) in [6.45, 7) is 7.64. The summed E-state index contributed by atoms with van der Waals surface area (Å²) in [6.07, 6.45) is 6.42. The number of hydrogen-bond donors (Lipinski definition) is 11. The van der Waals surface area contributed by atoms with E-state index in [1.165, 1.54) is 88.8 Å². The Hall–Kier alpha value is -9.09. The van der Waals surface area contributed by atoms with Gasteiger partial charge in [0.05, 0.1) is 7.11 Å². The minimum Gasteiger partial charge on any atom is -0.497 e. The summed E-state index contributed by atoms with van der Waals surface area (Å²) < 4.78 is 49.8. The molecule has 0 unspecified atom stereocenters. The van der Waals surface area contributed by atoms with Crippen molar-refractivity contribution in [3.8, 4) is 5.75 Å². The highest BCUT2D eigenvalue weighted by Gasteiger charge is 2.48. The molecular weight excluding hydrogens is 1340 g/mol. The van der Waals surface area contributed by atoms with E-state index in [4.69, 9.17) is 21.9 Å². The maximum Gasteiger partial charge on any atom is 0.246 e. The van der Waals surface area contributed by atoms with Gasteiger partial charge >= 0.3 is 0 Å². The van der Waals surface area contributed by atoms with Gasteiger partial charge in [0, 0.05) is 102 Å². The molecule has 29 heteroatoms. The summed E-state index contributed by atoms with van der Waals surface area (Å²) in [7, 11) is 1.54. The number of methoxy groups -OCH3 is 1. The summed E-state index contributed by atoms with van der Waals surface area (Å²) >= 11 is 2.57. The van der Waals surface area contributed by atoms with Crippen molar-refractivity contribution in [2.24, 2.45) is 23.1 Å². The molecule has 2 fully saturated rings. The number of carbonyl (C=O) groups excluding carboxylic acids is 10. The van der Waals surface area contributed by atoms with Crippen molar-refractivity contribution in [3.05, 3.63) is 137 Å². The zero-order valence-corrected chi connectivity index (χ0v) is 59.1. The van der Waals surface area contributed by atoms with E-state index in [1.807, 2.05) is 26.0 Å². The van der Waals surface area contributed by atoms with Crippen molar-refractivity contribution in [2.75, 3.05) is 38.2 Å². The van der Waals surface area contributed by atoms with Gasteiger partial charge in [-0.1, -0.05) is 38.5 Å². The fourth-order valence-electron chi connectivity index (χ4n) is 12.7. The molecule has 2 saturated heterocycles. The van der Waals surface area contributed by atoms with Crippen LogP contribution in [0.25, 0.3) is 21.8 Å². The van der Waals surface area contributed by atoms with Crippen LogP contribution in [-0.2, 0) is 78.7 Å². The number of likely N-dealkylation sites (tertiary alicyclic amines) is 2. The summed E-state index contributed by atoms with van der Waals surface area (Å²) in [5.74, 6) is -6.53. The number of primary amides is 2. The largest absolute Gasteiger partial charge is 0.497 e. The molecule has 8 rings (SSSR count). The monoisotopic (exact) mass is 1440 g/mol. The second kappa shape index (κ2) is 36.5. The first-order chi connectivity index (χ1) is 48.3. The van der Waals surface area contributed by atoms with E-state index in [1.54, 1.807) is 44.6 Å². The van der Waals surface area contributed by atoms with Gasteiger partial charge in [0.1, 0.15) is 71.0 Å². The number of H-pyrrole nitrogens is 2. The van der Waals surface area contributed by atoms with Gasteiger partial charge in [-0.3, -0.25) is 47.9 Å². The SMILES string of the molecule is CC[C@H](C)CC(=O)N[C@@H](Cc1ccc(OC)cc1)C(=O)N1CCC[C@@]1(C)C(=O)N[C@@H](CSCc1cc(F)cc(CSCCC(=O)N[C@@H](CCCCN)C(=O)N[C@H](C)C(=O)N[C@@H](Cc2c[nH]c3ccc(F)cc23)C(=O)N[C@@H](Cc2c[nH]c3ccc(F)cc23)C(=O)N2CCC[C@H]2C(N)=O)c1)C(N)=O. The number of aromatic amines is 2. The second-order valence-electron chi connectivity index (χ2n) is 26.2. The highest BCUT2D eigenvalue weighted by Crippen LogP contribution is 2.32. The Kier molecular flexibility index (Phi) is 28.1. The molecule has 0 aliphatic carbocycles. The molecule has 10 amide bonds. The van der Waals surface area contributed by atoms with Gasteiger partial charge in [-0.2, -0.15) is 23.5 Å². The van der Waals surface area contributed by atoms with E-state index < -0.39 is 118 Å². The third-order valence-corrected chi connectivity index (χ3v) is 20.7. The predicted octanol–water partition coefficient (Wildman–Crippen LogP) is 5.50. The first-order valence-corrected chi connectivity index (χ1v) is 36.4. The Morgan fingerprint density at radius 2 is 1.25 bits per heavy atom. The fourth-order valence-corrected chi connectivity index (χ4v) is 14.6. The zero-order valence-electron chi connectivity index (χ0n) is 57.5. The number of aromatic nitrogens is 2. The van der Waals surface area contributed by atoms with Gasteiger partial charge in [-0.05, 0) is 160 Å². The Balaban J connectivity index is 0.856. The highest BCUT2D eigenvalue weighted by molar-refractivity contribution is 7.98. The van der Waals surface area contributed by atoms with Crippen molar-refractivity contribution in [1.82, 2.24) is 51.7 Å². The molecule has 24 nitrogen and oxygen atoms in total. The number of halogens is 3. The maximum atomic E-state index is 15.2. The molecular formula is C72H92F3N13O11S2. The molecule has 2 aromatic heterocycles. The topological polar surface area (TPSA) is 368 Å². The first kappa shape index (κ1) is 77.6.